The molecular formula is C14H23FN2OSi. The molecule has 0 aromatic heterocycles. The number of aliphatic hydroxyl groups is 1. The van der Waals surface area contributed by atoms with Gasteiger partial charge >= 0.3 is 0 Å². The van der Waals surface area contributed by atoms with Crippen LogP contribution in [0.15, 0.2) is 18.2 Å². The predicted octanol–water partition coefficient (Wildman–Crippen LogP) is 2.76. The van der Waals surface area contributed by atoms with E-state index in [4.69, 9.17) is 5.11 Å². The summed E-state index contributed by atoms with van der Waals surface area (Å²) in [7, 11) is -1.02. The molecule has 0 amide bonds. The predicted molar refractivity (Wildman–Crippen MR) is 81.3 cm³/mol. The van der Waals surface area contributed by atoms with Gasteiger partial charge in [-0.25, -0.2) is 4.39 Å². The lowest BCUT2D eigenvalue weighted by Gasteiger charge is -2.37. The van der Waals surface area contributed by atoms with E-state index in [1.165, 1.54) is 18.2 Å². The van der Waals surface area contributed by atoms with E-state index in [0.29, 0.717) is 12.2 Å². The van der Waals surface area contributed by atoms with Crippen LogP contribution in [0.5, 0.6) is 0 Å². The molecule has 0 unspecified atom stereocenters. The van der Waals surface area contributed by atoms with Crippen LogP contribution in [0.1, 0.15) is 0 Å². The third kappa shape index (κ3) is 3.70. The first kappa shape index (κ1) is 14.3. The highest BCUT2D eigenvalue weighted by molar-refractivity contribution is 6.77. The van der Waals surface area contributed by atoms with Crippen LogP contribution in [-0.2, 0) is 0 Å². The Morgan fingerprint density at radius 2 is 2.00 bits per heavy atom. The average Bonchev–Trinajstić information content (AvgIpc) is 2.37. The van der Waals surface area contributed by atoms with Gasteiger partial charge in [0.2, 0.25) is 0 Å². The average molecular weight is 282 g/mol. The van der Waals surface area contributed by atoms with Crippen LogP contribution < -0.4 is 10.2 Å². The van der Waals surface area contributed by atoms with Crippen LogP contribution in [0.25, 0.3) is 0 Å². The Kier molecular flexibility index (Phi) is 4.47. The zero-order valence-corrected chi connectivity index (χ0v) is 12.7. The summed E-state index contributed by atoms with van der Waals surface area (Å²) >= 11 is 0. The van der Waals surface area contributed by atoms with Gasteiger partial charge in [-0.2, -0.15) is 0 Å². The summed E-state index contributed by atoms with van der Waals surface area (Å²) in [6.45, 7) is 7.25. The molecule has 1 aromatic rings. The van der Waals surface area contributed by atoms with Gasteiger partial charge in [-0.05, 0) is 30.3 Å². The van der Waals surface area contributed by atoms with Crippen molar-refractivity contribution in [2.75, 3.05) is 36.5 Å². The maximum absolute atomic E-state index is 14.1. The molecule has 0 saturated carbocycles. The van der Waals surface area contributed by atoms with Crippen molar-refractivity contribution in [3.8, 4) is 0 Å². The van der Waals surface area contributed by atoms with Crippen molar-refractivity contribution in [2.45, 2.75) is 25.2 Å². The van der Waals surface area contributed by atoms with Crippen molar-refractivity contribution in [3.63, 3.8) is 0 Å². The number of rotatable bonds is 4. The van der Waals surface area contributed by atoms with Crippen LogP contribution >= 0.6 is 0 Å². The van der Waals surface area contributed by atoms with E-state index in [1.807, 2.05) is 12.1 Å². The van der Waals surface area contributed by atoms with Crippen LogP contribution in [0.3, 0.4) is 0 Å². The van der Waals surface area contributed by atoms with E-state index in [0.717, 1.165) is 18.8 Å². The zero-order valence-electron chi connectivity index (χ0n) is 11.7. The quantitative estimate of drug-likeness (QED) is 0.834. The fraction of sp³-hybridized carbons (Fsp3) is 0.571. The third-order valence-corrected chi connectivity index (χ3v) is 7.00. The Bertz CT molecular complexity index is 429. The summed E-state index contributed by atoms with van der Waals surface area (Å²) in [6.07, 6.45) is 0. The number of aliphatic hydroxyl groups excluding tert-OH is 1. The van der Waals surface area contributed by atoms with Gasteiger partial charge in [-0.3, -0.25) is 0 Å². The second-order valence-corrected chi connectivity index (χ2v) is 11.3. The molecule has 1 heterocycles. The lowest BCUT2D eigenvalue weighted by Crippen LogP contribution is -2.43. The van der Waals surface area contributed by atoms with E-state index in [9.17, 15) is 4.39 Å². The minimum atomic E-state index is -1.02. The summed E-state index contributed by atoms with van der Waals surface area (Å²) in [6, 6.07) is 7.70. The highest BCUT2D eigenvalue weighted by atomic mass is 28.3. The fourth-order valence-corrected chi connectivity index (χ4v) is 4.43. The van der Waals surface area contributed by atoms with E-state index in [2.05, 4.69) is 23.3 Å². The largest absolute Gasteiger partial charge is 0.395 e. The first-order chi connectivity index (χ1) is 9.02. The topological polar surface area (TPSA) is 35.5 Å². The molecule has 2 rings (SSSR count). The Morgan fingerprint density at radius 1 is 1.32 bits per heavy atom. The zero-order chi connectivity index (χ0) is 13.9. The van der Waals surface area contributed by atoms with Crippen molar-refractivity contribution in [1.29, 1.82) is 0 Å². The molecule has 0 aliphatic carbocycles. The highest BCUT2D eigenvalue weighted by Crippen LogP contribution is 2.29. The Hall–Kier alpha value is -1.07. The molecule has 106 valence electrons. The minimum Gasteiger partial charge on any atom is -0.395 e. The summed E-state index contributed by atoms with van der Waals surface area (Å²) in [5.74, 6) is -0.177. The molecule has 1 aliphatic rings. The van der Waals surface area contributed by atoms with Gasteiger partial charge < -0.3 is 15.3 Å². The van der Waals surface area contributed by atoms with E-state index >= 15 is 0 Å². The first-order valence-electron chi connectivity index (χ1n) is 6.91. The maximum atomic E-state index is 14.1. The molecule has 2 N–H and O–H groups in total. The van der Waals surface area contributed by atoms with Crippen molar-refractivity contribution >= 4 is 19.4 Å². The molecule has 0 radical (unpaired) electrons. The van der Waals surface area contributed by atoms with Gasteiger partial charge in [0.25, 0.3) is 0 Å². The van der Waals surface area contributed by atoms with Crippen molar-refractivity contribution in [2.24, 2.45) is 0 Å². The molecule has 1 aromatic carbocycles. The van der Waals surface area contributed by atoms with Crippen molar-refractivity contribution in [3.05, 3.63) is 24.0 Å². The molecule has 5 heteroatoms. The summed E-state index contributed by atoms with van der Waals surface area (Å²) in [5, 5.41) is 11.7. The molecule has 1 saturated heterocycles. The number of benzene rings is 1. The van der Waals surface area contributed by atoms with Crippen LogP contribution in [0.2, 0.25) is 25.2 Å². The van der Waals surface area contributed by atoms with Crippen molar-refractivity contribution in [1.82, 2.24) is 0 Å². The highest BCUT2D eigenvalue weighted by Gasteiger charge is 2.28. The molecular weight excluding hydrogens is 259 g/mol. The molecule has 0 spiro atoms. The molecule has 0 bridgehead atoms. The number of halogens is 1. The molecule has 3 nitrogen and oxygen atoms in total. The number of hydrogen-bond donors (Lipinski definition) is 2. The van der Waals surface area contributed by atoms with Gasteiger partial charge in [0, 0.05) is 25.3 Å². The van der Waals surface area contributed by atoms with Gasteiger partial charge in [-0.1, -0.05) is 13.1 Å². The number of nitrogens with one attached hydrogen (secondary N) is 1. The number of hydrogen-bond acceptors (Lipinski definition) is 3. The number of anilines is 2. The van der Waals surface area contributed by atoms with Gasteiger partial charge in [0.15, 0.2) is 0 Å². The Morgan fingerprint density at radius 3 is 2.58 bits per heavy atom. The molecule has 0 atom stereocenters. The summed E-state index contributed by atoms with van der Waals surface area (Å²) < 4.78 is 14.1. The first-order valence-corrected chi connectivity index (χ1v) is 10.3. The third-order valence-electron chi connectivity index (χ3n) is 3.85. The van der Waals surface area contributed by atoms with E-state index in [-0.39, 0.29) is 12.4 Å². The maximum Gasteiger partial charge on any atom is 0.148 e. The van der Waals surface area contributed by atoms with E-state index < -0.39 is 8.07 Å². The van der Waals surface area contributed by atoms with Crippen LogP contribution in [0, 0.1) is 5.82 Å². The lowest BCUT2D eigenvalue weighted by molar-refractivity contribution is 0.311. The van der Waals surface area contributed by atoms with Crippen molar-refractivity contribution < 1.29 is 9.50 Å². The SMILES string of the molecule is C[Si]1(C)CCN(c2ccc(NCCO)cc2F)CC1. The summed E-state index contributed by atoms with van der Waals surface area (Å²) in [5.41, 5.74) is 1.43. The lowest BCUT2D eigenvalue weighted by atomic mass is 10.2. The van der Waals surface area contributed by atoms with Gasteiger partial charge in [0.05, 0.1) is 20.4 Å². The monoisotopic (exact) mass is 282 g/mol. The second-order valence-electron chi connectivity index (χ2n) is 5.97. The normalized spacial score (nSPS) is 18.4. The second kappa shape index (κ2) is 5.92. The van der Waals surface area contributed by atoms with Gasteiger partial charge in [0.1, 0.15) is 5.82 Å². The minimum absolute atomic E-state index is 0.0508. The molecule has 1 fully saturated rings. The Labute approximate surface area is 115 Å². The fourth-order valence-electron chi connectivity index (χ4n) is 2.43. The van der Waals surface area contributed by atoms with E-state index in [1.54, 1.807) is 0 Å². The van der Waals surface area contributed by atoms with Crippen LogP contribution in [0.4, 0.5) is 15.8 Å². The van der Waals surface area contributed by atoms with Gasteiger partial charge in [-0.15, -0.1) is 0 Å². The molecule has 19 heavy (non-hydrogen) atoms. The summed E-state index contributed by atoms with van der Waals surface area (Å²) in [4.78, 5) is 2.16. The molecule has 1 aliphatic heterocycles. The smallest absolute Gasteiger partial charge is 0.148 e. The van der Waals surface area contributed by atoms with Crippen LogP contribution in [-0.4, -0.2) is 39.4 Å². The Balaban J connectivity index is 2.05. The standard InChI is InChI=1S/C14H23FN2OSi/c1-19(2)9-6-17(7-10-19)14-4-3-12(11-13(14)15)16-5-8-18/h3-4,11,16,18H,5-10H2,1-2H3. The number of nitrogens with zero attached hydrogens (tertiary/aromatic N) is 1.